The fourth-order valence-electron chi connectivity index (χ4n) is 3.91. The predicted octanol–water partition coefficient (Wildman–Crippen LogP) is 6.41. The van der Waals surface area contributed by atoms with E-state index in [1.165, 1.54) is 44.1 Å². The van der Waals surface area contributed by atoms with Gasteiger partial charge >= 0.3 is 0 Å². The Bertz CT molecular complexity index is 1030. The summed E-state index contributed by atoms with van der Waals surface area (Å²) in [5, 5.41) is 2.72. The molecule has 0 amide bonds. The molecule has 0 spiro atoms. The van der Waals surface area contributed by atoms with Crippen molar-refractivity contribution in [2.24, 2.45) is 0 Å². The van der Waals surface area contributed by atoms with E-state index in [0.717, 1.165) is 13.0 Å². The maximum absolute atomic E-state index is 2.43. The van der Waals surface area contributed by atoms with E-state index in [1.54, 1.807) is 0 Å². The smallest absolute Gasteiger partial charge is 0.0494 e. The molecule has 1 nitrogen and oxygen atoms in total. The monoisotopic (exact) mass is 313 g/mol. The van der Waals surface area contributed by atoms with E-state index < -0.39 is 0 Å². The Morgan fingerprint density at radius 2 is 1.79 bits per heavy atom. The van der Waals surface area contributed by atoms with Crippen molar-refractivity contribution in [2.45, 2.75) is 33.7 Å². The summed E-state index contributed by atoms with van der Waals surface area (Å²) in [4.78, 5) is 0. The van der Waals surface area contributed by atoms with Crippen LogP contribution in [0.5, 0.6) is 0 Å². The normalized spacial score (nSPS) is 14.8. The molecular weight excluding hydrogens is 290 g/mol. The third kappa shape index (κ3) is 2.24. The highest BCUT2D eigenvalue weighted by atomic mass is 15.0. The summed E-state index contributed by atoms with van der Waals surface area (Å²) in [7, 11) is 0. The first-order chi connectivity index (χ1) is 11.7. The average molecular weight is 313 g/mol. The van der Waals surface area contributed by atoms with Crippen LogP contribution in [-0.4, -0.2) is 4.57 Å². The molecule has 1 heterocycles. The summed E-state index contributed by atoms with van der Waals surface area (Å²) in [6.45, 7) is 7.68. The molecule has 2 aromatic carbocycles. The minimum absolute atomic E-state index is 0.996. The van der Waals surface area contributed by atoms with Crippen molar-refractivity contribution >= 4 is 27.4 Å². The van der Waals surface area contributed by atoms with Crippen molar-refractivity contribution in [3.05, 3.63) is 77.4 Å². The topological polar surface area (TPSA) is 4.93 Å². The van der Waals surface area contributed by atoms with Gasteiger partial charge < -0.3 is 4.57 Å². The number of hydrogen-bond donors (Lipinski definition) is 0. The molecule has 0 bridgehead atoms. The van der Waals surface area contributed by atoms with Gasteiger partial charge in [0.05, 0.1) is 0 Å². The van der Waals surface area contributed by atoms with E-state index in [2.05, 4.69) is 86.0 Å². The van der Waals surface area contributed by atoms with Crippen molar-refractivity contribution in [3.63, 3.8) is 0 Å². The van der Waals surface area contributed by atoms with Crippen LogP contribution in [-0.2, 0) is 6.54 Å². The van der Waals surface area contributed by atoms with Gasteiger partial charge in [-0.3, -0.25) is 0 Å². The molecule has 1 aliphatic rings. The second kappa shape index (κ2) is 5.83. The second-order valence-corrected chi connectivity index (χ2v) is 6.60. The van der Waals surface area contributed by atoms with Gasteiger partial charge in [0.2, 0.25) is 0 Å². The molecule has 4 rings (SSSR count). The van der Waals surface area contributed by atoms with Gasteiger partial charge in [0.15, 0.2) is 0 Å². The Morgan fingerprint density at radius 3 is 2.62 bits per heavy atom. The van der Waals surface area contributed by atoms with E-state index >= 15 is 0 Å². The van der Waals surface area contributed by atoms with Crippen molar-refractivity contribution in [1.82, 2.24) is 4.57 Å². The van der Waals surface area contributed by atoms with Crippen LogP contribution < -0.4 is 0 Å². The van der Waals surface area contributed by atoms with Crippen molar-refractivity contribution in [2.75, 3.05) is 0 Å². The van der Waals surface area contributed by atoms with Gasteiger partial charge in [0.25, 0.3) is 0 Å². The van der Waals surface area contributed by atoms with E-state index in [1.807, 2.05) is 0 Å². The number of fused-ring (bicyclic) bond motifs is 3. The summed E-state index contributed by atoms with van der Waals surface area (Å²) in [5.74, 6) is 0. The number of benzene rings is 2. The Kier molecular flexibility index (Phi) is 3.65. The van der Waals surface area contributed by atoms with Crippen LogP contribution in [0.25, 0.3) is 27.4 Å². The molecule has 1 heteroatoms. The quantitative estimate of drug-likeness (QED) is 0.515. The van der Waals surface area contributed by atoms with E-state index in [4.69, 9.17) is 0 Å². The largest absolute Gasteiger partial charge is 0.341 e. The zero-order chi connectivity index (χ0) is 16.7. The number of para-hydroxylation sites is 1. The standard InChI is InChI=1S/C23H23N/c1-4-24-22-13-9-8-12-19(22)21-15-20(17(3)14-23(21)24)18-11-7-5-6-10-16(18)2/h5-10,12-15H,4,11H2,1-3H3. The molecule has 0 saturated heterocycles. The SMILES string of the molecule is CCn1c2ccccc2c2cc(C3=C(C)C=CC=CC3)c(C)cc21. The molecule has 3 aromatic rings. The molecule has 0 N–H and O–H groups in total. The van der Waals surface area contributed by atoms with Crippen LogP contribution >= 0.6 is 0 Å². The minimum Gasteiger partial charge on any atom is -0.341 e. The van der Waals surface area contributed by atoms with Crippen LogP contribution in [0, 0.1) is 6.92 Å². The molecule has 0 atom stereocenters. The second-order valence-electron chi connectivity index (χ2n) is 6.60. The van der Waals surface area contributed by atoms with Crippen molar-refractivity contribution in [1.29, 1.82) is 0 Å². The van der Waals surface area contributed by atoms with Gasteiger partial charge in [-0.05, 0) is 67.7 Å². The van der Waals surface area contributed by atoms with Gasteiger partial charge in [-0.15, -0.1) is 0 Å². The number of nitrogens with zero attached hydrogens (tertiary/aromatic N) is 1. The van der Waals surface area contributed by atoms with Crippen LogP contribution in [0.1, 0.15) is 31.4 Å². The molecule has 0 saturated carbocycles. The maximum atomic E-state index is 2.43. The molecule has 120 valence electrons. The molecule has 1 aliphatic carbocycles. The van der Waals surface area contributed by atoms with E-state index in [9.17, 15) is 0 Å². The Morgan fingerprint density at radius 1 is 0.958 bits per heavy atom. The molecule has 1 aromatic heterocycles. The summed E-state index contributed by atoms with van der Waals surface area (Å²) < 4.78 is 2.43. The average Bonchev–Trinajstić information content (AvgIpc) is 2.73. The minimum atomic E-state index is 0.996. The number of aryl methyl sites for hydroxylation is 2. The number of rotatable bonds is 2. The molecule has 24 heavy (non-hydrogen) atoms. The zero-order valence-electron chi connectivity index (χ0n) is 14.6. The van der Waals surface area contributed by atoms with E-state index in [-0.39, 0.29) is 0 Å². The summed E-state index contributed by atoms with van der Waals surface area (Å²) in [6, 6.07) is 13.5. The first-order valence-corrected chi connectivity index (χ1v) is 8.75. The summed E-state index contributed by atoms with van der Waals surface area (Å²) >= 11 is 0. The van der Waals surface area contributed by atoms with Gasteiger partial charge in [0.1, 0.15) is 0 Å². The highest BCUT2D eigenvalue weighted by Crippen LogP contribution is 2.35. The van der Waals surface area contributed by atoms with Gasteiger partial charge in [-0.25, -0.2) is 0 Å². The lowest BCUT2D eigenvalue weighted by molar-refractivity contribution is 0.827. The van der Waals surface area contributed by atoms with Gasteiger partial charge in [0, 0.05) is 28.4 Å². The van der Waals surface area contributed by atoms with Gasteiger partial charge in [-0.2, -0.15) is 0 Å². The summed E-state index contributed by atoms with van der Waals surface area (Å²) in [5.41, 5.74) is 8.22. The van der Waals surface area contributed by atoms with Crippen molar-refractivity contribution in [3.8, 4) is 0 Å². The fourth-order valence-corrected chi connectivity index (χ4v) is 3.91. The Balaban J connectivity index is 2.06. The van der Waals surface area contributed by atoms with E-state index in [0.29, 0.717) is 0 Å². The Labute approximate surface area is 143 Å². The first-order valence-electron chi connectivity index (χ1n) is 8.75. The lowest BCUT2D eigenvalue weighted by Gasteiger charge is -2.13. The maximum Gasteiger partial charge on any atom is 0.0494 e. The molecule has 0 aliphatic heterocycles. The third-order valence-electron chi connectivity index (χ3n) is 5.15. The molecule has 0 radical (unpaired) electrons. The van der Waals surface area contributed by atoms with Crippen LogP contribution in [0.4, 0.5) is 0 Å². The third-order valence-corrected chi connectivity index (χ3v) is 5.15. The molecule has 0 fully saturated rings. The lowest BCUT2D eigenvalue weighted by Crippen LogP contribution is -1.95. The molecule has 0 unspecified atom stereocenters. The number of allylic oxidation sites excluding steroid dienone is 6. The highest BCUT2D eigenvalue weighted by Gasteiger charge is 2.14. The lowest BCUT2D eigenvalue weighted by atomic mass is 9.93. The summed E-state index contributed by atoms with van der Waals surface area (Å²) in [6.07, 6.45) is 9.75. The fraction of sp³-hybridized carbons (Fsp3) is 0.217. The number of hydrogen-bond acceptors (Lipinski definition) is 0. The van der Waals surface area contributed by atoms with Crippen LogP contribution in [0.3, 0.4) is 0 Å². The molecular formula is C23H23N. The predicted molar refractivity (Wildman–Crippen MR) is 105 cm³/mol. The van der Waals surface area contributed by atoms with Crippen LogP contribution in [0.15, 0.2) is 66.3 Å². The zero-order valence-corrected chi connectivity index (χ0v) is 14.6. The number of aromatic nitrogens is 1. The van der Waals surface area contributed by atoms with Crippen LogP contribution in [0.2, 0.25) is 0 Å². The Hall–Kier alpha value is -2.54. The first kappa shape index (κ1) is 15.0. The van der Waals surface area contributed by atoms with Gasteiger partial charge in [-0.1, -0.05) is 42.5 Å². The highest BCUT2D eigenvalue weighted by molar-refractivity contribution is 6.09. The van der Waals surface area contributed by atoms with Crippen molar-refractivity contribution < 1.29 is 0 Å².